The maximum Gasteiger partial charge on any atom is 0.122 e. The fourth-order valence-corrected chi connectivity index (χ4v) is 2.07. The van der Waals surface area contributed by atoms with Crippen molar-refractivity contribution in [3.05, 3.63) is 28.8 Å². The second kappa shape index (κ2) is 5.90. The molecule has 1 aromatic carbocycles. The summed E-state index contributed by atoms with van der Waals surface area (Å²) in [6.07, 6.45) is 2.68. The lowest BCUT2D eigenvalue weighted by Crippen LogP contribution is -2.04. The second-order valence-electron chi connectivity index (χ2n) is 4.54. The lowest BCUT2D eigenvalue weighted by atomic mass is 9.91. The Balaban J connectivity index is 3.14. The molecule has 16 heavy (non-hydrogen) atoms. The first-order valence-corrected chi connectivity index (χ1v) is 6.15. The minimum absolute atomic E-state index is 0.449. The van der Waals surface area contributed by atoms with Gasteiger partial charge in [-0.05, 0) is 48.4 Å². The Labute approximate surface area is 98.5 Å². The molecule has 2 heteroatoms. The summed E-state index contributed by atoms with van der Waals surface area (Å²) in [7, 11) is 0. The molecule has 1 rings (SSSR count). The Morgan fingerprint density at radius 2 is 2.00 bits per heavy atom. The van der Waals surface area contributed by atoms with Gasteiger partial charge in [-0.3, -0.25) is 0 Å². The standard InChI is InChI=1S/C14H23NO/c1-4-11-7-8-12(10(2)3)13(14(11)16)6-5-9-15/h7-8,10,16H,4-6,9,15H2,1-3H3. The van der Waals surface area contributed by atoms with E-state index in [0.717, 1.165) is 30.4 Å². The van der Waals surface area contributed by atoms with Gasteiger partial charge in [0.1, 0.15) is 5.75 Å². The highest BCUT2D eigenvalue weighted by molar-refractivity contribution is 5.47. The summed E-state index contributed by atoms with van der Waals surface area (Å²) < 4.78 is 0. The molecule has 0 bridgehead atoms. The first-order valence-electron chi connectivity index (χ1n) is 6.15. The maximum atomic E-state index is 10.2. The predicted octanol–water partition coefficient (Wildman–Crippen LogP) is 2.97. The number of hydrogen-bond donors (Lipinski definition) is 2. The number of phenols is 1. The van der Waals surface area contributed by atoms with Crippen molar-refractivity contribution in [2.45, 2.75) is 46.0 Å². The molecule has 0 aliphatic rings. The van der Waals surface area contributed by atoms with Crippen molar-refractivity contribution in [2.24, 2.45) is 5.73 Å². The highest BCUT2D eigenvalue weighted by Gasteiger charge is 2.13. The molecule has 0 atom stereocenters. The Kier molecular flexibility index (Phi) is 4.81. The Morgan fingerprint density at radius 1 is 1.31 bits per heavy atom. The fraction of sp³-hybridized carbons (Fsp3) is 0.571. The van der Waals surface area contributed by atoms with Gasteiger partial charge in [-0.1, -0.05) is 32.9 Å². The third kappa shape index (κ3) is 2.76. The summed E-state index contributed by atoms with van der Waals surface area (Å²) in [6, 6.07) is 4.19. The van der Waals surface area contributed by atoms with E-state index in [1.807, 2.05) is 6.07 Å². The molecule has 0 spiro atoms. The summed E-state index contributed by atoms with van der Waals surface area (Å²) in [5, 5.41) is 10.2. The smallest absolute Gasteiger partial charge is 0.122 e. The molecule has 0 amide bonds. The van der Waals surface area contributed by atoms with Gasteiger partial charge >= 0.3 is 0 Å². The van der Waals surface area contributed by atoms with Crippen molar-refractivity contribution in [3.8, 4) is 5.75 Å². The summed E-state index contributed by atoms with van der Waals surface area (Å²) in [5.74, 6) is 0.937. The number of aryl methyl sites for hydroxylation is 1. The molecule has 1 aromatic rings. The molecule has 0 saturated carbocycles. The van der Waals surface area contributed by atoms with Crippen LogP contribution in [0.2, 0.25) is 0 Å². The zero-order valence-corrected chi connectivity index (χ0v) is 10.6. The van der Waals surface area contributed by atoms with Gasteiger partial charge in [-0.15, -0.1) is 0 Å². The first kappa shape index (κ1) is 13.0. The molecular formula is C14H23NO. The van der Waals surface area contributed by atoms with Crippen LogP contribution in [-0.2, 0) is 12.8 Å². The van der Waals surface area contributed by atoms with Crippen LogP contribution in [0.4, 0.5) is 0 Å². The van der Waals surface area contributed by atoms with Gasteiger partial charge in [0.2, 0.25) is 0 Å². The van der Waals surface area contributed by atoms with Gasteiger partial charge in [-0.25, -0.2) is 0 Å². The SMILES string of the molecule is CCc1ccc(C(C)C)c(CCCN)c1O. The molecule has 0 aromatic heterocycles. The Bertz CT molecular complexity index is 345. The fourth-order valence-electron chi connectivity index (χ4n) is 2.07. The number of phenolic OH excluding ortho intramolecular Hbond substituents is 1. The highest BCUT2D eigenvalue weighted by atomic mass is 16.3. The van der Waals surface area contributed by atoms with Gasteiger partial charge in [0, 0.05) is 0 Å². The van der Waals surface area contributed by atoms with E-state index in [4.69, 9.17) is 5.73 Å². The van der Waals surface area contributed by atoms with Crippen LogP contribution >= 0.6 is 0 Å². The van der Waals surface area contributed by atoms with Crippen molar-refractivity contribution < 1.29 is 5.11 Å². The zero-order chi connectivity index (χ0) is 12.1. The number of nitrogens with two attached hydrogens (primary N) is 1. The van der Waals surface area contributed by atoms with E-state index in [-0.39, 0.29) is 0 Å². The number of benzene rings is 1. The summed E-state index contributed by atoms with van der Waals surface area (Å²) in [5.41, 5.74) is 8.93. The van der Waals surface area contributed by atoms with Crippen molar-refractivity contribution >= 4 is 0 Å². The minimum atomic E-state index is 0.449. The van der Waals surface area contributed by atoms with E-state index in [2.05, 4.69) is 26.8 Å². The monoisotopic (exact) mass is 221 g/mol. The third-order valence-electron chi connectivity index (χ3n) is 3.04. The van der Waals surface area contributed by atoms with Crippen molar-refractivity contribution in [1.29, 1.82) is 0 Å². The van der Waals surface area contributed by atoms with E-state index >= 15 is 0 Å². The number of aromatic hydroxyl groups is 1. The molecule has 0 aliphatic carbocycles. The zero-order valence-electron chi connectivity index (χ0n) is 10.6. The van der Waals surface area contributed by atoms with Gasteiger partial charge in [-0.2, -0.15) is 0 Å². The molecular weight excluding hydrogens is 198 g/mol. The lowest BCUT2D eigenvalue weighted by Gasteiger charge is -2.16. The molecule has 0 unspecified atom stereocenters. The average molecular weight is 221 g/mol. The van der Waals surface area contributed by atoms with Crippen LogP contribution < -0.4 is 5.73 Å². The van der Waals surface area contributed by atoms with Crippen LogP contribution in [0.25, 0.3) is 0 Å². The molecule has 0 saturated heterocycles. The van der Waals surface area contributed by atoms with Crippen LogP contribution in [0.3, 0.4) is 0 Å². The molecule has 0 fully saturated rings. The Hall–Kier alpha value is -1.02. The van der Waals surface area contributed by atoms with Gasteiger partial charge in [0.05, 0.1) is 0 Å². The average Bonchev–Trinajstić information content (AvgIpc) is 2.26. The van der Waals surface area contributed by atoms with Crippen LogP contribution in [0.5, 0.6) is 5.75 Å². The molecule has 0 radical (unpaired) electrons. The van der Waals surface area contributed by atoms with Crippen LogP contribution in [0, 0.1) is 0 Å². The Morgan fingerprint density at radius 3 is 2.50 bits per heavy atom. The van der Waals surface area contributed by atoms with E-state index < -0.39 is 0 Å². The molecule has 90 valence electrons. The summed E-state index contributed by atoms with van der Waals surface area (Å²) >= 11 is 0. The summed E-state index contributed by atoms with van der Waals surface area (Å²) in [4.78, 5) is 0. The van der Waals surface area contributed by atoms with Crippen molar-refractivity contribution in [2.75, 3.05) is 6.54 Å². The van der Waals surface area contributed by atoms with E-state index in [9.17, 15) is 5.11 Å². The van der Waals surface area contributed by atoms with E-state index in [1.165, 1.54) is 5.56 Å². The normalized spacial score (nSPS) is 11.1. The molecule has 0 aliphatic heterocycles. The van der Waals surface area contributed by atoms with Crippen molar-refractivity contribution in [3.63, 3.8) is 0 Å². The first-order chi connectivity index (χ1) is 7.61. The molecule has 3 N–H and O–H groups in total. The molecule has 2 nitrogen and oxygen atoms in total. The number of rotatable bonds is 5. The quantitative estimate of drug-likeness (QED) is 0.803. The van der Waals surface area contributed by atoms with Gasteiger partial charge in [0.15, 0.2) is 0 Å². The third-order valence-corrected chi connectivity index (χ3v) is 3.04. The van der Waals surface area contributed by atoms with Crippen LogP contribution in [0.15, 0.2) is 12.1 Å². The van der Waals surface area contributed by atoms with E-state index in [0.29, 0.717) is 18.2 Å². The number of hydrogen-bond acceptors (Lipinski definition) is 2. The predicted molar refractivity (Wildman–Crippen MR) is 68.9 cm³/mol. The van der Waals surface area contributed by atoms with Gasteiger partial charge in [0.25, 0.3) is 0 Å². The lowest BCUT2D eigenvalue weighted by molar-refractivity contribution is 0.459. The largest absolute Gasteiger partial charge is 0.507 e. The molecule has 0 heterocycles. The minimum Gasteiger partial charge on any atom is -0.507 e. The van der Waals surface area contributed by atoms with Gasteiger partial charge < -0.3 is 10.8 Å². The highest BCUT2D eigenvalue weighted by Crippen LogP contribution is 2.31. The summed E-state index contributed by atoms with van der Waals surface area (Å²) in [6.45, 7) is 7.06. The van der Waals surface area contributed by atoms with Crippen LogP contribution in [-0.4, -0.2) is 11.7 Å². The second-order valence-corrected chi connectivity index (χ2v) is 4.54. The topological polar surface area (TPSA) is 46.2 Å². The van der Waals surface area contributed by atoms with Crippen molar-refractivity contribution in [1.82, 2.24) is 0 Å². The maximum absolute atomic E-state index is 10.2. The van der Waals surface area contributed by atoms with Crippen LogP contribution in [0.1, 0.15) is 49.8 Å². The van der Waals surface area contributed by atoms with E-state index in [1.54, 1.807) is 0 Å².